The molecule has 0 aliphatic carbocycles. The molecule has 37 heavy (non-hydrogen) atoms. The van der Waals surface area contributed by atoms with E-state index >= 15 is 0 Å². The number of benzene rings is 2. The van der Waals surface area contributed by atoms with Crippen LogP contribution in [0.5, 0.6) is 11.5 Å². The Morgan fingerprint density at radius 2 is 1.70 bits per heavy atom. The Morgan fingerprint density at radius 3 is 2.46 bits per heavy atom. The molecule has 0 bridgehead atoms. The summed E-state index contributed by atoms with van der Waals surface area (Å²) in [4.78, 5) is 23.2. The van der Waals surface area contributed by atoms with E-state index in [1.807, 2.05) is 39.9 Å². The van der Waals surface area contributed by atoms with E-state index in [-0.39, 0.29) is 11.9 Å². The van der Waals surface area contributed by atoms with Gasteiger partial charge in [0.2, 0.25) is 0 Å². The molecule has 8 nitrogen and oxygen atoms in total. The normalized spacial score (nSPS) is 15.9. The van der Waals surface area contributed by atoms with Crippen molar-refractivity contribution in [3.8, 4) is 22.8 Å². The zero-order chi connectivity index (χ0) is 25.4. The molecule has 0 spiro atoms. The highest BCUT2D eigenvalue weighted by Gasteiger charge is 2.26. The predicted octanol–water partition coefficient (Wildman–Crippen LogP) is 4.41. The van der Waals surface area contributed by atoms with Crippen LogP contribution in [0, 0.1) is 0 Å². The van der Waals surface area contributed by atoms with E-state index in [1.54, 1.807) is 6.20 Å². The van der Waals surface area contributed by atoms with Gasteiger partial charge in [0.25, 0.3) is 5.91 Å². The van der Waals surface area contributed by atoms with Crippen LogP contribution in [-0.4, -0.2) is 69.9 Å². The van der Waals surface area contributed by atoms with Crippen molar-refractivity contribution in [2.24, 2.45) is 0 Å². The molecule has 0 atom stereocenters. The number of pyridine rings is 1. The summed E-state index contributed by atoms with van der Waals surface area (Å²) < 4.78 is 13.4. The van der Waals surface area contributed by atoms with Gasteiger partial charge >= 0.3 is 0 Å². The molecule has 8 heteroatoms. The molecule has 0 N–H and O–H groups in total. The number of piperazine rings is 1. The fourth-order valence-electron chi connectivity index (χ4n) is 5.04. The molecule has 0 unspecified atom stereocenters. The summed E-state index contributed by atoms with van der Waals surface area (Å²) in [6.45, 7) is 9.16. The van der Waals surface area contributed by atoms with Crippen molar-refractivity contribution >= 4 is 16.9 Å². The van der Waals surface area contributed by atoms with Gasteiger partial charge in [-0.3, -0.25) is 9.69 Å². The highest BCUT2D eigenvalue weighted by molar-refractivity contribution is 6.06. The molecule has 1 fully saturated rings. The maximum absolute atomic E-state index is 13.9. The number of carbonyl (C=O) groups is 1. The minimum Gasteiger partial charge on any atom is -0.486 e. The van der Waals surface area contributed by atoms with Gasteiger partial charge in [0.05, 0.1) is 22.8 Å². The fourth-order valence-corrected chi connectivity index (χ4v) is 5.04. The molecule has 1 saturated heterocycles. The lowest BCUT2D eigenvalue weighted by Crippen LogP contribution is -2.48. The summed E-state index contributed by atoms with van der Waals surface area (Å²) in [5.74, 6) is 1.45. The highest BCUT2D eigenvalue weighted by atomic mass is 16.6. The predicted molar refractivity (Wildman–Crippen MR) is 142 cm³/mol. The van der Waals surface area contributed by atoms with E-state index in [0.29, 0.717) is 43.3 Å². The quantitative estimate of drug-likeness (QED) is 0.407. The molecule has 1 amide bonds. The van der Waals surface area contributed by atoms with Crippen LogP contribution in [0.25, 0.3) is 22.3 Å². The van der Waals surface area contributed by atoms with E-state index in [9.17, 15) is 4.79 Å². The Kier molecular flexibility index (Phi) is 6.26. The van der Waals surface area contributed by atoms with E-state index in [0.717, 1.165) is 42.0 Å². The van der Waals surface area contributed by atoms with Crippen molar-refractivity contribution in [1.29, 1.82) is 0 Å². The first-order valence-electron chi connectivity index (χ1n) is 12.9. The van der Waals surface area contributed by atoms with E-state index in [2.05, 4.69) is 48.1 Å². The van der Waals surface area contributed by atoms with Gasteiger partial charge in [-0.15, -0.1) is 0 Å². The third-order valence-electron chi connectivity index (χ3n) is 7.03. The lowest BCUT2D eigenvalue weighted by atomic mass is 10.0. The third kappa shape index (κ3) is 4.64. The average Bonchev–Trinajstić information content (AvgIpc) is 3.37. The van der Waals surface area contributed by atoms with Crippen LogP contribution >= 0.6 is 0 Å². The maximum Gasteiger partial charge on any atom is 0.254 e. The van der Waals surface area contributed by atoms with E-state index < -0.39 is 0 Å². The van der Waals surface area contributed by atoms with Crippen molar-refractivity contribution in [2.45, 2.75) is 26.4 Å². The summed E-state index contributed by atoms with van der Waals surface area (Å²) >= 11 is 0. The first-order chi connectivity index (χ1) is 18.1. The molecule has 190 valence electrons. The van der Waals surface area contributed by atoms with E-state index in [1.165, 1.54) is 5.56 Å². The Labute approximate surface area is 216 Å². The molecule has 6 rings (SSSR count). The molecule has 0 saturated carbocycles. The summed E-state index contributed by atoms with van der Waals surface area (Å²) in [6.07, 6.45) is 1.77. The molecular weight excluding hydrogens is 466 g/mol. The first-order valence-corrected chi connectivity index (χ1v) is 12.9. The second-order valence-corrected chi connectivity index (χ2v) is 9.89. The summed E-state index contributed by atoms with van der Waals surface area (Å²) in [7, 11) is 0. The second-order valence-electron chi connectivity index (χ2n) is 9.89. The molecule has 2 aliphatic rings. The molecule has 2 aromatic carbocycles. The molecule has 4 aromatic rings. The number of carbonyl (C=O) groups excluding carboxylic acids is 1. The third-order valence-corrected chi connectivity index (χ3v) is 7.03. The number of aromatic nitrogens is 3. The van der Waals surface area contributed by atoms with Crippen LogP contribution in [-0.2, 0) is 6.54 Å². The van der Waals surface area contributed by atoms with Crippen LogP contribution < -0.4 is 9.47 Å². The molecule has 2 aliphatic heterocycles. The highest BCUT2D eigenvalue weighted by Crippen LogP contribution is 2.35. The Morgan fingerprint density at radius 1 is 0.946 bits per heavy atom. The SMILES string of the molecule is CC(C)n1ncc2c(C(=O)N3CCN(Cc4ccccc4)CC3)cc(-c3ccc4c(c3)OCCO4)nc21. The topological polar surface area (TPSA) is 72.7 Å². The smallest absolute Gasteiger partial charge is 0.254 e. The zero-order valence-corrected chi connectivity index (χ0v) is 21.3. The van der Waals surface area contributed by atoms with Crippen LogP contribution in [0.3, 0.4) is 0 Å². The molecule has 0 radical (unpaired) electrons. The maximum atomic E-state index is 13.9. The number of ether oxygens (including phenoxy) is 2. The second kappa shape index (κ2) is 9.86. The van der Waals surface area contributed by atoms with Crippen LogP contribution in [0.2, 0.25) is 0 Å². The van der Waals surface area contributed by atoms with Crippen LogP contribution in [0.15, 0.2) is 60.8 Å². The van der Waals surface area contributed by atoms with Gasteiger partial charge in [0.1, 0.15) is 13.2 Å². The Bertz CT molecular complexity index is 1420. The first kappa shape index (κ1) is 23.5. The fraction of sp³-hybridized carbons (Fsp3) is 0.345. The largest absolute Gasteiger partial charge is 0.486 e. The van der Waals surface area contributed by atoms with Crippen molar-refractivity contribution in [3.63, 3.8) is 0 Å². The Balaban J connectivity index is 1.30. The number of hydrogen-bond donors (Lipinski definition) is 0. The van der Waals surface area contributed by atoms with Gasteiger partial charge in [0, 0.05) is 44.3 Å². The van der Waals surface area contributed by atoms with Crippen molar-refractivity contribution < 1.29 is 14.3 Å². The monoisotopic (exact) mass is 497 g/mol. The van der Waals surface area contributed by atoms with E-state index in [4.69, 9.17) is 14.5 Å². The van der Waals surface area contributed by atoms with Gasteiger partial charge in [-0.05, 0) is 43.7 Å². The molecule has 4 heterocycles. The van der Waals surface area contributed by atoms with Crippen LogP contribution in [0.1, 0.15) is 35.8 Å². The summed E-state index contributed by atoms with van der Waals surface area (Å²) in [5, 5.41) is 5.36. The number of rotatable bonds is 5. The summed E-state index contributed by atoms with van der Waals surface area (Å²) in [6, 6.07) is 18.3. The number of fused-ring (bicyclic) bond motifs is 2. The number of nitrogens with zero attached hydrogens (tertiary/aromatic N) is 5. The molecule has 2 aromatic heterocycles. The standard InChI is InChI=1S/C29H31N5O3/c1-20(2)34-28-24(18-30-34)23(17-25(31-28)22-8-9-26-27(16-22)37-15-14-36-26)29(35)33-12-10-32(11-13-33)19-21-6-4-3-5-7-21/h3-9,16-18,20H,10-15,19H2,1-2H3. The van der Waals surface area contributed by atoms with Gasteiger partial charge in [-0.25, -0.2) is 9.67 Å². The van der Waals surface area contributed by atoms with Gasteiger partial charge in [0.15, 0.2) is 17.1 Å². The lowest BCUT2D eigenvalue weighted by Gasteiger charge is -2.35. The zero-order valence-electron chi connectivity index (χ0n) is 21.3. The lowest BCUT2D eigenvalue weighted by molar-refractivity contribution is 0.0630. The van der Waals surface area contributed by atoms with Gasteiger partial charge in [-0.2, -0.15) is 5.10 Å². The van der Waals surface area contributed by atoms with Crippen molar-refractivity contribution in [1.82, 2.24) is 24.6 Å². The minimum absolute atomic E-state index is 0.0221. The number of hydrogen-bond acceptors (Lipinski definition) is 6. The average molecular weight is 498 g/mol. The van der Waals surface area contributed by atoms with Crippen molar-refractivity contribution in [2.75, 3.05) is 39.4 Å². The van der Waals surface area contributed by atoms with Crippen LogP contribution in [0.4, 0.5) is 0 Å². The number of amides is 1. The van der Waals surface area contributed by atoms with Crippen molar-refractivity contribution in [3.05, 3.63) is 71.9 Å². The Hall–Kier alpha value is -3.91. The minimum atomic E-state index is 0.0221. The molecular formula is C29H31N5O3. The van der Waals surface area contributed by atoms with Gasteiger partial charge in [-0.1, -0.05) is 30.3 Å². The summed E-state index contributed by atoms with van der Waals surface area (Å²) in [5.41, 5.74) is 4.25. The van der Waals surface area contributed by atoms with Gasteiger partial charge < -0.3 is 14.4 Å².